The lowest BCUT2D eigenvalue weighted by Gasteiger charge is -2.19. The highest BCUT2D eigenvalue weighted by Gasteiger charge is 2.13. The van der Waals surface area contributed by atoms with Gasteiger partial charge in [0, 0.05) is 18.3 Å². The molecule has 3 nitrogen and oxygen atoms in total. The quantitative estimate of drug-likeness (QED) is 0.889. The van der Waals surface area contributed by atoms with Gasteiger partial charge in [0.2, 0.25) is 0 Å². The predicted molar refractivity (Wildman–Crippen MR) is 86.8 cm³/mol. The van der Waals surface area contributed by atoms with Crippen LogP contribution in [0, 0.1) is 0 Å². The summed E-state index contributed by atoms with van der Waals surface area (Å²) in [6, 6.07) is 10.3. The third kappa shape index (κ3) is 4.30. The van der Waals surface area contributed by atoms with Gasteiger partial charge in [0.05, 0.1) is 6.20 Å². The van der Waals surface area contributed by atoms with E-state index in [1.165, 1.54) is 5.56 Å². The van der Waals surface area contributed by atoms with Crippen molar-refractivity contribution in [1.29, 1.82) is 0 Å². The Morgan fingerprint density at radius 1 is 1.10 bits per heavy atom. The van der Waals surface area contributed by atoms with Crippen LogP contribution in [0.3, 0.4) is 0 Å². The van der Waals surface area contributed by atoms with E-state index in [0.29, 0.717) is 0 Å². The minimum atomic E-state index is 0.156. The van der Waals surface area contributed by atoms with Crippen molar-refractivity contribution in [2.24, 2.45) is 0 Å². The first-order valence-electron chi connectivity index (χ1n) is 7.42. The van der Waals surface area contributed by atoms with E-state index in [-0.39, 0.29) is 5.41 Å². The van der Waals surface area contributed by atoms with Gasteiger partial charge in [-0.2, -0.15) is 0 Å². The van der Waals surface area contributed by atoms with Crippen molar-refractivity contribution in [2.45, 2.75) is 39.7 Å². The first-order valence-corrected chi connectivity index (χ1v) is 7.42. The number of nitrogens with one attached hydrogen (secondary N) is 1. The molecule has 0 spiro atoms. The zero-order valence-corrected chi connectivity index (χ0v) is 13.3. The number of hydrogen-bond donors (Lipinski definition) is 1. The highest BCUT2D eigenvalue weighted by molar-refractivity contribution is 5.37. The number of aromatic nitrogens is 1. The average molecular weight is 284 g/mol. The molecule has 112 valence electrons. The molecule has 0 aliphatic carbocycles. The number of rotatable bonds is 5. The first-order chi connectivity index (χ1) is 10.0. The molecule has 0 radical (unpaired) electrons. The lowest BCUT2D eigenvalue weighted by Crippen LogP contribution is -2.12. The molecule has 0 saturated carbocycles. The van der Waals surface area contributed by atoms with E-state index in [2.05, 4.69) is 50.1 Å². The second-order valence-electron chi connectivity index (χ2n) is 6.14. The predicted octanol–water partition coefficient (Wildman–Crippen LogP) is 4.28. The van der Waals surface area contributed by atoms with Gasteiger partial charge in [0.25, 0.3) is 0 Å². The fourth-order valence-corrected chi connectivity index (χ4v) is 2.06. The van der Waals surface area contributed by atoms with E-state index in [1.54, 1.807) is 12.4 Å². The van der Waals surface area contributed by atoms with Crippen molar-refractivity contribution in [3.05, 3.63) is 53.9 Å². The Kier molecular flexibility index (Phi) is 4.97. The van der Waals surface area contributed by atoms with Gasteiger partial charge in [-0.05, 0) is 35.7 Å². The maximum absolute atomic E-state index is 5.97. The summed E-state index contributed by atoms with van der Waals surface area (Å²) in [7, 11) is 0. The summed E-state index contributed by atoms with van der Waals surface area (Å²) in [5.74, 6) is 1.65. The summed E-state index contributed by atoms with van der Waals surface area (Å²) in [5, 5.41) is 3.31. The van der Waals surface area contributed by atoms with Crippen molar-refractivity contribution in [3.63, 3.8) is 0 Å². The molecule has 21 heavy (non-hydrogen) atoms. The summed E-state index contributed by atoms with van der Waals surface area (Å²) in [5.41, 5.74) is 2.57. The lowest BCUT2D eigenvalue weighted by atomic mass is 9.87. The van der Waals surface area contributed by atoms with Crippen LogP contribution in [0.1, 0.15) is 38.8 Å². The highest BCUT2D eigenvalue weighted by Crippen LogP contribution is 2.28. The third-order valence-corrected chi connectivity index (χ3v) is 3.38. The van der Waals surface area contributed by atoms with Crippen LogP contribution in [0.25, 0.3) is 0 Å². The maximum Gasteiger partial charge on any atom is 0.150 e. The van der Waals surface area contributed by atoms with Gasteiger partial charge in [-0.15, -0.1) is 0 Å². The Balaban J connectivity index is 2.15. The Hall–Kier alpha value is -1.87. The molecule has 0 unspecified atom stereocenters. The molecule has 1 heterocycles. The molecular weight excluding hydrogens is 260 g/mol. The van der Waals surface area contributed by atoms with Gasteiger partial charge in [0.15, 0.2) is 0 Å². The second kappa shape index (κ2) is 6.72. The standard InChI is InChI=1S/C18H24N2O/c1-5-19-12-14-10-11-20-13-17(14)21-16-8-6-15(7-9-16)18(2,3)4/h6-11,13,19H,5,12H2,1-4H3. The zero-order chi connectivity index (χ0) is 15.3. The minimum absolute atomic E-state index is 0.156. The SMILES string of the molecule is CCNCc1ccncc1Oc1ccc(C(C)(C)C)cc1. The van der Waals surface area contributed by atoms with Crippen molar-refractivity contribution < 1.29 is 4.74 Å². The fraction of sp³-hybridized carbons (Fsp3) is 0.389. The number of hydrogen-bond acceptors (Lipinski definition) is 3. The summed E-state index contributed by atoms with van der Waals surface area (Å²) < 4.78 is 5.97. The lowest BCUT2D eigenvalue weighted by molar-refractivity contribution is 0.469. The third-order valence-electron chi connectivity index (χ3n) is 3.38. The van der Waals surface area contributed by atoms with Gasteiger partial charge >= 0.3 is 0 Å². The molecule has 0 saturated heterocycles. The van der Waals surface area contributed by atoms with Crippen LogP contribution < -0.4 is 10.1 Å². The molecule has 0 atom stereocenters. The van der Waals surface area contributed by atoms with Crippen LogP contribution >= 0.6 is 0 Å². The summed E-state index contributed by atoms with van der Waals surface area (Å²) in [4.78, 5) is 4.15. The molecule has 0 aliphatic rings. The Morgan fingerprint density at radius 2 is 1.81 bits per heavy atom. The Labute approximate surface area is 127 Å². The molecule has 3 heteroatoms. The molecule has 1 N–H and O–H groups in total. The van der Waals surface area contributed by atoms with Crippen LogP contribution in [0.15, 0.2) is 42.7 Å². The number of ether oxygens (including phenoxy) is 1. The average Bonchev–Trinajstić information content (AvgIpc) is 2.46. The monoisotopic (exact) mass is 284 g/mol. The van der Waals surface area contributed by atoms with E-state index in [4.69, 9.17) is 4.74 Å². The molecule has 0 fully saturated rings. The van der Waals surface area contributed by atoms with Gasteiger partial charge < -0.3 is 10.1 Å². The van der Waals surface area contributed by atoms with Gasteiger partial charge in [0.1, 0.15) is 11.5 Å². The molecular formula is C18H24N2O. The first kappa shape index (κ1) is 15.5. The van der Waals surface area contributed by atoms with Crippen molar-refractivity contribution in [3.8, 4) is 11.5 Å². The summed E-state index contributed by atoms with van der Waals surface area (Å²) in [6.07, 6.45) is 3.56. The van der Waals surface area contributed by atoms with Crippen LogP contribution in [0.4, 0.5) is 0 Å². The topological polar surface area (TPSA) is 34.2 Å². The molecule has 2 aromatic rings. The van der Waals surface area contributed by atoms with E-state index in [0.717, 1.165) is 30.2 Å². The molecule has 1 aromatic carbocycles. The normalized spacial score (nSPS) is 11.4. The molecule has 0 aliphatic heterocycles. The van der Waals surface area contributed by atoms with Crippen LogP contribution in [0.2, 0.25) is 0 Å². The van der Waals surface area contributed by atoms with Crippen LogP contribution in [-0.4, -0.2) is 11.5 Å². The summed E-state index contributed by atoms with van der Waals surface area (Å²) in [6.45, 7) is 10.4. The number of nitrogens with zero attached hydrogens (tertiary/aromatic N) is 1. The second-order valence-corrected chi connectivity index (χ2v) is 6.14. The van der Waals surface area contributed by atoms with Crippen LogP contribution in [0.5, 0.6) is 11.5 Å². The molecule has 0 bridgehead atoms. The maximum atomic E-state index is 5.97. The summed E-state index contributed by atoms with van der Waals surface area (Å²) >= 11 is 0. The van der Waals surface area contributed by atoms with Gasteiger partial charge in [-0.1, -0.05) is 39.8 Å². The molecule has 1 aromatic heterocycles. The van der Waals surface area contributed by atoms with E-state index in [1.807, 2.05) is 18.2 Å². The molecule has 2 rings (SSSR count). The van der Waals surface area contributed by atoms with Gasteiger partial charge in [-0.3, -0.25) is 4.98 Å². The van der Waals surface area contributed by atoms with Crippen LogP contribution in [-0.2, 0) is 12.0 Å². The minimum Gasteiger partial charge on any atom is -0.455 e. The number of benzene rings is 1. The van der Waals surface area contributed by atoms with E-state index < -0.39 is 0 Å². The zero-order valence-electron chi connectivity index (χ0n) is 13.3. The van der Waals surface area contributed by atoms with E-state index >= 15 is 0 Å². The molecule has 0 amide bonds. The Morgan fingerprint density at radius 3 is 2.43 bits per heavy atom. The number of pyridine rings is 1. The van der Waals surface area contributed by atoms with Crippen molar-refractivity contribution in [2.75, 3.05) is 6.54 Å². The van der Waals surface area contributed by atoms with Crippen molar-refractivity contribution in [1.82, 2.24) is 10.3 Å². The Bertz CT molecular complexity index is 571. The van der Waals surface area contributed by atoms with Crippen molar-refractivity contribution >= 4 is 0 Å². The largest absolute Gasteiger partial charge is 0.455 e. The fourth-order valence-electron chi connectivity index (χ4n) is 2.06. The van der Waals surface area contributed by atoms with E-state index in [9.17, 15) is 0 Å². The smallest absolute Gasteiger partial charge is 0.150 e. The van der Waals surface area contributed by atoms with Gasteiger partial charge in [-0.25, -0.2) is 0 Å². The highest BCUT2D eigenvalue weighted by atomic mass is 16.5.